The fraction of sp³-hybridized carbons (Fsp3) is 0.304. The number of oxazole rings is 1. The molecule has 1 atom stereocenters. The molecular formula is C23H23F2N3O6S. The summed E-state index contributed by atoms with van der Waals surface area (Å²) in [6, 6.07) is 6.45. The van der Waals surface area contributed by atoms with Crippen LogP contribution in [0.15, 0.2) is 41.0 Å². The largest absolute Gasteiger partial charge is 0.483 e. The molecule has 35 heavy (non-hydrogen) atoms. The van der Waals surface area contributed by atoms with E-state index in [1.54, 1.807) is 10.8 Å². The van der Waals surface area contributed by atoms with E-state index >= 15 is 0 Å². The average Bonchev–Trinajstić information content (AvgIpc) is 3.33. The molecule has 2 heterocycles. The van der Waals surface area contributed by atoms with Crippen molar-refractivity contribution in [1.82, 2.24) is 10.3 Å². The van der Waals surface area contributed by atoms with Crippen molar-refractivity contribution in [3.8, 4) is 17.6 Å². The number of carbonyl (C=O) groups excluding carboxylic acids is 1. The Morgan fingerprint density at radius 3 is 2.57 bits per heavy atom. The molecule has 1 aromatic heterocycles. The van der Waals surface area contributed by atoms with E-state index in [0.717, 1.165) is 30.2 Å². The first kappa shape index (κ1) is 24.5. The maximum Gasteiger partial charge on any atom is 0.399 e. The normalized spacial score (nSPS) is 15.1. The molecular weight excluding hydrogens is 484 g/mol. The predicted octanol–water partition coefficient (Wildman–Crippen LogP) is 4.32. The lowest BCUT2D eigenvalue weighted by atomic mass is 10.0. The number of benzene rings is 2. The summed E-state index contributed by atoms with van der Waals surface area (Å²) in [6.07, 6.45) is 2.39. The van der Waals surface area contributed by atoms with Crippen LogP contribution in [-0.4, -0.2) is 31.2 Å². The quantitative estimate of drug-likeness (QED) is 0.489. The number of sulfonamides is 1. The SMILES string of the molecule is C[C@@H](NC(=O)c1coc(Oc2cccc3c2OC(C)(C)C3)n1)c1cc(F)c(NS(C)(=O)=O)c(F)c1. The molecule has 2 N–H and O–H groups in total. The molecule has 0 saturated heterocycles. The lowest BCUT2D eigenvalue weighted by Gasteiger charge is -2.17. The molecule has 1 aliphatic rings. The summed E-state index contributed by atoms with van der Waals surface area (Å²) in [6.45, 7) is 5.41. The van der Waals surface area contributed by atoms with Crippen LogP contribution in [0.4, 0.5) is 14.5 Å². The molecule has 1 aliphatic heterocycles. The third-order valence-corrected chi connectivity index (χ3v) is 5.74. The smallest absolute Gasteiger partial charge is 0.399 e. The second-order valence-corrected chi connectivity index (χ2v) is 10.6. The number of para-hydroxylation sites is 1. The van der Waals surface area contributed by atoms with Crippen LogP contribution in [-0.2, 0) is 16.4 Å². The Bertz CT molecular complexity index is 1380. The molecule has 186 valence electrons. The van der Waals surface area contributed by atoms with E-state index in [-0.39, 0.29) is 22.9 Å². The number of nitrogens with zero attached hydrogens (tertiary/aromatic N) is 1. The first-order valence-corrected chi connectivity index (χ1v) is 12.4. The lowest BCUT2D eigenvalue weighted by Crippen LogP contribution is -2.27. The Labute approximate surface area is 200 Å². The number of hydrogen-bond donors (Lipinski definition) is 2. The number of rotatable bonds is 7. The van der Waals surface area contributed by atoms with Gasteiger partial charge in [0.05, 0.1) is 12.3 Å². The number of hydrogen-bond acceptors (Lipinski definition) is 7. The number of fused-ring (bicyclic) bond motifs is 1. The standard InChI is InChI=1S/C23H23F2N3O6S/c1-12(14-8-15(24)19(16(25)9-14)28-35(4,30)31)26-21(29)17-11-32-22(27-17)33-18-7-5-6-13-10-23(2,3)34-20(13)18/h5-9,11-12,28H,10H2,1-4H3,(H,26,29)/t12-/m1/s1. The molecule has 1 amide bonds. The zero-order chi connectivity index (χ0) is 25.5. The second kappa shape index (κ2) is 8.84. The monoisotopic (exact) mass is 507 g/mol. The Balaban J connectivity index is 1.45. The number of carbonyl (C=O) groups is 1. The molecule has 0 spiro atoms. The Morgan fingerprint density at radius 1 is 1.23 bits per heavy atom. The third-order valence-electron chi connectivity index (χ3n) is 5.17. The van der Waals surface area contributed by atoms with Gasteiger partial charge in [-0.1, -0.05) is 12.1 Å². The van der Waals surface area contributed by atoms with Gasteiger partial charge in [-0.15, -0.1) is 0 Å². The number of nitrogens with one attached hydrogen (secondary N) is 2. The van der Waals surface area contributed by atoms with Gasteiger partial charge in [0.25, 0.3) is 5.91 Å². The Hall–Kier alpha value is -3.67. The van der Waals surface area contributed by atoms with Crippen LogP contribution in [0, 0.1) is 11.6 Å². The van der Waals surface area contributed by atoms with Gasteiger partial charge in [-0.3, -0.25) is 9.52 Å². The molecule has 0 bridgehead atoms. The van der Waals surface area contributed by atoms with Gasteiger partial charge < -0.3 is 19.2 Å². The average molecular weight is 508 g/mol. The molecule has 0 aliphatic carbocycles. The van der Waals surface area contributed by atoms with Crippen molar-refractivity contribution < 1.29 is 35.9 Å². The number of anilines is 1. The van der Waals surface area contributed by atoms with E-state index in [1.165, 1.54) is 6.92 Å². The van der Waals surface area contributed by atoms with E-state index in [2.05, 4.69) is 10.3 Å². The first-order chi connectivity index (χ1) is 16.3. The highest BCUT2D eigenvalue weighted by Crippen LogP contribution is 2.43. The molecule has 9 nitrogen and oxygen atoms in total. The van der Waals surface area contributed by atoms with Crippen molar-refractivity contribution in [3.05, 3.63) is 65.1 Å². The molecule has 3 aromatic rings. The second-order valence-electron chi connectivity index (χ2n) is 8.81. The van der Waals surface area contributed by atoms with Crippen LogP contribution in [0.3, 0.4) is 0 Å². The van der Waals surface area contributed by atoms with Gasteiger partial charge in [0.1, 0.15) is 17.6 Å². The van der Waals surface area contributed by atoms with E-state index in [9.17, 15) is 22.0 Å². The summed E-state index contributed by atoms with van der Waals surface area (Å²) in [7, 11) is -3.88. The predicted molar refractivity (Wildman–Crippen MR) is 122 cm³/mol. The minimum Gasteiger partial charge on any atom is -0.483 e. The molecule has 12 heteroatoms. The molecule has 0 fully saturated rings. The summed E-state index contributed by atoms with van der Waals surface area (Å²) < 4.78 is 69.8. The molecule has 2 aromatic carbocycles. The minimum atomic E-state index is -3.88. The van der Waals surface area contributed by atoms with Crippen molar-refractivity contribution in [2.75, 3.05) is 11.0 Å². The van der Waals surface area contributed by atoms with Crippen molar-refractivity contribution in [2.45, 2.75) is 38.8 Å². The van der Waals surface area contributed by atoms with E-state index in [4.69, 9.17) is 13.9 Å². The van der Waals surface area contributed by atoms with Crippen molar-refractivity contribution >= 4 is 21.6 Å². The van der Waals surface area contributed by atoms with Crippen molar-refractivity contribution in [2.24, 2.45) is 0 Å². The topological polar surface area (TPSA) is 120 Å². The van der Waals surface area contributed by atoms with Crippen LogP contribution in [0.1, 0.15) is 48.4 Å². The summed E-state index contributed by atoms with van der Waals surface area (Å²) in [5, 5.41) is 2.55. The summed E-state index contributed by atoms with van der Waals surface area (Å²) >= 11 is 0. The maximum absolute atomic E-state index is 14.3. The van der Waals surface area contributed by atoms with Crippen LogP contribution in [0.25, 0.3) is 0 Å². The zero-order valence-corrected chi connectivity index (χ0v) is 20.1. The molecule has 0 saturated carbocycles. The van der Waals surface area contributed by atoms with Crippen LogP contribution < -0.4 is 19.5 Å². The fourth-order valence-electron chi connectivity index (χ4n) is 3.65. The van der Waals surface area contributed by atoms with E-state index in [0.29, 0.717) is 17.9 Å². The first-order valence-electron chi connectivity index (χ1n) is 10.5. The van der Waals surface area contributed by atoms with Gasteiger partial charge >= 0.3 is 6.08 Å². The summed E-state index contributed by atoms with van der Waals surface area (Å²) in [5.74, 6) is -1.95. The lowest BCUT2D eigenvalue weighted by molar-refractivity contribution is 0.0934. The highest BCUT2D eigenvalue weighted by atomic mass is 32.2. The van der Waals surface area contributed by atoms with Gasteiger partial charge in [0.2, 0.25) is 10.0 Å². The highest BCUT2D eigenvalue weighted by molar-refractivity contribution is 7.92. The van der Waals surface area contributed by atoms with Crippen LogP contribution >= 0.6 is 0 Å². The summed E-state index contributed by atoms with van der Waals surface area (Å²) in [5.41, 5.74) is -0.239. The molecule has 0 radical (unpaired) electrons. The van der Waals surface area contributed by atoms with Gasteiger partial charge in [-0.05, 0) is 44.5 Å². The Morgan fingerprint density at radius 2 is 1.91 bits per heavy atom. The van der Waals surface area contributed by atoms with Crippen LogP contribution in [0.2, 0.25) is 0 Å². The van der Waals surface area contributed by atoms with Gasteiger partial charge in [-0.25, -0.2) is 17.2 Å². The highest BCUT2D eigenvalue weighted by Gasteiger charge is 2.33. The third kappa shape index (κ3) is 5.53. The fourth-order valence-corrected chi connectivity index (χ4v) is 4.22. The Kier molecular flexibility index (Phi) is 6.18. The summed E-state index contributed by atoms with van der Waals surface area (Å²) in [4.78, 5) is 16.6. The van der Waals surface area contributed by atoms with Crippen LogP contribution in [0.5, 0.6) is 17.6 Å². The van der Waals surface area contributed by atoms with Crippen molar-refractivity contribution in [1.29, 1.82) is 0 Å². The number of halogens is 2. The van der Waals surface area contributed by atoms with Gasteiger partial charge in [0.15, 0.2) is 28.8 Å². The number of aromatic nitrogens is 1. The maximum atomic E-state index is 14.3. The van der Waals surface area contributed by atoms with Gasteiger partial charge in [0, 0.05) is 12.0 Å². The number of amides is 1. The molecule has 4 rings (SSSR count). The zero-order valence-electron chi connectivity index (χ0n) is 19.3. The van der Waals surface area contributed by atoms with Gasteiger partial charge in [-0.2, -0.15) is 4.98 Å². The number of ether oxygens (including phenoxy) is 2. The minimum absolute atomic E-state index is 0.0759. The molecule has 0 unspecified atom stereocenters. The van der Waals surface area contributed by atoms with E-state index in [1.807, 2.05) is 26.0 Å². The van der Waals surface area contributed by atoms with E-state index < -0.39 is 39.3 Å². The van der Waals surface area contributed by atoms with Crippen molar-refractivity contribution in [3.63, 3.8) is 0 Å².